The van der Waals surface area contributed by atoms with E-state index in [2.05, 4.69) is 16.0 Å². The van der Waals surface area contributed by atoms with Crippen LogP contribution in [0.4, 0.5) is 5.69 Å². The van der Waals surface area contributed by atoms with Gasteiger partial charge in [0.1, 0.15) is 6.04 Å². The summed E-state index contributed by atoms with van der Waals surface area (Å²) in [5.74, 6) is -0.926. The quantitative estimate of drug-likeness (QED) is 0.295. The molecule has 2 aliphatic heterocycles. The number of nitrogens with zero attached hydrogens (tertiary/aromatic N) is 1. The molecule has 5 rings (SSSR count). The van der Waals surface area contributed by atoms with Crippen molar-refractivity contribution >= 4 is 35.2 Å². The third-order valence-electron chi connectivity index (χ3n) is 8.38. The number of hydrogen-bond acceptors (Lipinski definition) is 6. The minimum atomic E-state index is -1.55. The van der Waals surface area contributed by atoms with Gasteiger partial charge in [-0.3, -0.25) is 14.4 Å². The van der Waals surface area contributed by atoms with E-state index in [4.69, 9.17) is 0 Å². The maximum absolute atomic E-state index is 14.0. The van der Waals surface area contributed by atoms with Gasteiger partial charge < -0.3 is 26.0 Å². The molecule has 1 saturated heterocycles. The molecule has 0 saturated carbocycles. The van der Waals surface area contributed by atoms with Crippen LogP contribution in [0.2, 0.25) is 0 Å². The number of aliphatic hydroxyl groups excluding tert-OH is 1. The molecule has 3 aromatic rings. The number of fused-ring (bicyclic) bond motifs is 1. The van der Waals surface area contributed by atoms with Crippen LogP contribution in [0.25, 0.3) is 0 Å². The van der Waals surface area contributed by atoms with E-state index >= 15 is 0 Å². The summed E-state index contributed by atoms with van der Waals surface area (Å²) in [7, 11) is 0. The van der Waals surface area contributed by atoms with E-state index in [0.717, 1.165) is 47.3 Å². The van der Waals surface area contributed by atoms with Gasteiger partial charge in [-0.2, -0.15) is 0 Å². The Bertz CT molecular complexity index is 1480. The van der Waals surface area contributed by atoms with E-state index in [9.17, 15) is 19.5 Å². The van der Waals surface area contributed by atoms with E-state index in [1.54, 1.807) is 6.07 Å². The molecule has 8 nitrogen and oxygen atoms in total. The Morgan fingerprint density at radius 3 is 2.56 bits per heavy atom. The van der Waals surface area contributed by atoms with E-state index in [-0.39, 0.29) is 24.1 Å². The molecule has 3 atom stereocenters. The van der Waals surface area contributed by atoms with E-state index < -0.39 is 28.8 Å². The monoisotopic (exact) mass is 600 g/mol. The molecule has 4 N–H and O–H groups in total. The van der Waals surface area contributed by atoms with Crippen molar-refractivity contribution in [3.8, 4) is 0 Å². The van der Waals surface area contributed by atoms with Gasteiger partial charge in [-0.25, -0.2) is 0 Å². The molecule has 0 bridgehead atoms. The second kappa shape index (κ2) is 13.2. The summed E-state index contributed by atoms with van der Waals surface area (Å²) in [6.45, 7) is 7.06. The topological polar surface area (TPSA) is 111 Å². The molecule has 43 heavy (non-hydrogen) atoms. The summed E-state index contributed by atoms with van der Waals surface area (Å²) in [6, 6.07) is 21.2. The number of nitrogens with one attached hydrogen (secondary N) is 3. The summed E-state index contributed by atoms with van der Waals surface area (Å²) in [6.07, 6.45) is 0.391. The molecule has 2 aliphatic rings. The van der Waals surface area contributed by atoms with E-state index in [1.165, 1.54) is 16.7 Å². The number of carbonyl (C=O) groups excluding carboxylic acids is 3. The summed E-state index contributed by atoms with van der Waals surface area (Å²) in [5.41, 5.74) is 5.36. The second-order valence-corrected chi connectivity index (χ2v) is 13.4. The van der Waals surface area contributed by atoms with Gasteiger partial charge in [0, 0.05) is 29.1 Å². The van der Waals surface area contributed by atoms with Crippen molar-refractivity contribution in [3.05, 3.63) is 101 Å². The Balaban J connectivity index is 1.37. The largest absolute Gasteiger partial charge is 0.385 e. The number of anilines is 1. The minimum Gasteiger partial charge on any atom is -0.385 e. The van der Waals surface area contributed by atoms with Gasteiger partial charge in [-0.1, -0.05) is 60.7 Å². The third-order valence-corrected chi connectivity index (χ3v) is 9.75. The number of hydrogen-bond donors (Lipinski definition) is 4. The smallest absolute Gasteiger partial charge is 0.254 e. The van der Waals surface area contributed by atoms with Crippen LogP contribution in [-0.4, -0.2) is 63.1 Å². The second-order valence-electron chi connectivity index (χ2n) is 11.8. The highest BCUT2D eigenvalue weighted by molar-refractivity contribution is 8.00. The van der Waals surface area contributed by atoms with Crippen LogP contribution in [-0.2, 0) is 29.0 Å². The average molecular weight is 601 g/mol. The fraction of sp³-hybridized carbons (Fsp3) is 0.382. The van der Waals surface area contributed by atoms with Gasteiger partial charge in [-0.05, 0) is 74.4 Å². The van der Waals surface area contributed by atoms with Crippen molar-refractivity contribution in [2.45, 2.75) is 69.5 Å². The number of benzene rings is 3. The molecule has 3 aromatic carbocycles. The van der Waals surface area contributed by atoms with Crippen LogP contribution in [0.5, 0.6) is 0 Å². The number of rotatable bonds is 9. The molecule has 1 fully saturated rings. The number of aryl methyl sites for hydroxylation is 1. The van der Waals surface area contributed by atoms with Crippen molar-refractivity contribution < 1.29 is 19.5 Å². The predicted molar refractivity (Wildman–Crippen MR) is 171 cm³/mol. The first-order chi connectivity index (χ1) is 20.7. The Kier molecular flexibility index (Phi) is 9.42. The number of aliphatic hydroxyl groups is 1. The molecular weight excluding hydrogens is 560 g/mol. The Labute approximate surface area is 257 Å². The number of carbonyl (C=O) groups is 3. The van der Waals surface area contributed by atoms with Crippen molar-refractivity contribution in [1.82, 2.24) is 15.5 Å². The molecule has 0 aliphatic carbocycles. The van der Waals surface area contributed by atoms with Crippen LogP contribution < -0.4 is 16.0 Å². The van der Waals surface area contributed by atoms with Crippen molar-refractivity contribution in [1.29, 1.82) is 0 Å². The van der Waals surface area contributed by atoms with E-state index in [0.29, 0.717) is 12.1 Å². The Morgan fingerprint density at radius 2 is 1.79 bits per heavy atom. The standard InChI is InChI=1S/C34H40N4O4S/c1-22-11-7-8-14-24(22)20-36-32(41)30-34(2,3)43-21-38(30)33(42)29(39)28(19-23-12-5-4-6-13-23)37-31(40)26-15-9-17-27-25(26)16-10-18-35-27/h4-9,11-15,17,28-30,35,39H,10,16,18-21H2,1-3H3,(H,36,41)(H,37,40)/t28-,29-,30-/m0/s1. The maximum atomic E-state index is 14.0. The molecule has 0 spiro atoms. The lowest BCUT2D eigenvalue weighted by atomic mass is 9.95. The minimum absolute atomic E-state index is 0.251. The van der Waals surface area contributed by atoms with Gasteiger partial charge in [0.2, 0.25) is 5.91 Å². The number of thioether (sulfide) groups is 1. The molecule has 3 amide bonds. The van der Waals surface area contributed by atoms with Crippen molar-refractivity contribution in [3.63, 3.8) is 0 Å². The predicted octanol–water partition coefficient (Wildman–Crippen LogP) is 4.05. The van der Waals surface area contributed by atoms with Crippen LogP contribution in [0, 0.1) is 6.92 Å². The molecular formula is C34H40N4O4S. The lowest BCUT2D eigenvalue weighted by molar-refractivity contribution is -0.147. The Morgan fingerprint density at radius 1 is 1.05 bits per heavy atom. The molecule has 226 valence electrons. The SMILES string of the molecule is Cc1ccccc1CNC(=O)[C@@H]1N(C(=O)[C@@H](O)[C@H](Cc2ccccc2)NC(=O)c2cccc3c2CCCN3)CSC1(C)C. The number of amides is 3. The average Bonchev–Trinajstić information content (AvgIpc) is 3.34. The highest BCUT2D eigenvalue weighted by atomic mass is 32.2. The zero-order valence-corrected chi connectivity index (χ0v) is 25.7. The first-order valence-corrected chi connectivity index (χ1v) is 15.8. The molecule has 0 unspecified atom stereocenters. The third kappa shape index (κ3) is 6.89. The summed E-state index contributed by atoms with van der Waals surface area (Å²) >= 11 is 1.50. The van der Waals surface area contributed by atoms with Crippen molar-refractivity contribution in [2.75, 3.05) is 17.7 Å². The lowest BCUT2D eigenvalue weighted by Crippen LogP contribution is -2.58. The van der Waals surface area contributed by atoms with Gasteiger partial charge in [0.15, 0.2) is 6.10 Å². The van der Waals surface area contributed by atoms with Gasteiger partial charge in [0.25, 0.3) is 11.8 Å². The summed E-state index contributed by atoms with van der Waals surface area (Å²) in [5, 5.41) is 20.9. The van der Waals surface area contributed by atoms with Crippen LogP contribution in [0.15, 0.2) is 72.8 Å². The highest BCUT2D eigenvalue weighted by Gasteiger charge is 2.49. The highest BCUT2D eigenvalue weighted by Crippen LogP contribution is 2.40. The molecule has 2 heterocycles. The van der Waals surface area contributed by atoms with Crippen LogP contribution in [0.1, 0.15) is 52.9 Å². The Hall–Kier alpha value is -3.82. The molecule has 9 heteroatoms. The van der Waals surface area contributed by atoms with E-state index in [1.807, 2.05) is 87.5 Å². The zero-order chi connectivity index (χ0) is 30.6. The summed E-state index contributed by atoms with van der Waals surface area (Å²) in [4.78, 5) is 42.7. The fourth-order valence-electron chi connectivity index (χ4n) is 5.92. The van der Waals surface area contributed by atoms with Crippen LogP contribution in [0.3, 0.4) is 0 Å². The van der Waals surface area contributed by atoms with Gasteiger partial charge >= 0.3 is 0 Å². The van der Waals surface area contributed by atoms with Crippen molar-refractivity contribution in [2.24, 2.45) is 0 Å². The normalized spacial score (nSPS) is 18.6. The van der Waals surface area contributed by atoms with Gasteiger partial charge in [-0.15, -0.1) is 11.8 Å². The zero-order valence-electron chi connectivity index (χ0n) is 24.9. The lowest BCUT2D eigenvalue weighted by Gasteiger charge is -2.33. The molecule has 0 radical (unpaired) electrons. The van der Waals surface area contributed by atoms with Crippen LogP contribution >= 0.6 is 11.8 Å². The first-order valence-electron chi connectivity index (χ1n) is 14.8. The summed E-state index contributed by atoms with van der Waals surface area (Å²) < 4.78 is -0.570. The van der Waals surface area contributed by atoms with Gasteiger partial charge in [0.05, 0.1) is 11.9 Å². The first kappa shape index (κ1) is 30.6. The molecule has 0 aromatic heterocycles. The maximum Gasteiger partial charge on any atom is 0.254 e. The fourth-order valence-corrected chi connectivity index (χ4v) is 7.06.